The van der Waals surface area contributed by atoms with Gasteiger partial charge < -0.3 is 10.1 Å². The summed E-state index contributed by atoms with van der Waals surface area (Å²) < 4.78 is 7.58. The number of amides is 1. The van der Waals surface area contributed by atoms with Crippen molar-refractivity contribution in [1.29, 1.82) is 0 Å². The van der Waals surface area contributed by atoms with Crippen LogP contribution in [-0.4, -0.2) is 31.8 Å². The van der Waals surface area contributed by atoms with Gasteiger partial charge in [-0.1, -0.05) is 24.3 Å². The summed E-state index contributed by atoms with van der Waals surface area (Å²) in [5, 5.41) is 15.6. The number of carbonyl (C=O) groups excluding carboxylic acids is 1. The molecule has 0 aliphatic carbocycles. The SMILES string of the molecule is Cc1cccc(OC(C)C(=O)Nc2cccc(-c3ccc4nnc(C)n4n3)c2)c1C. The van der Waals surface area contributed by atoms with Gasteiger partial charge in [0.2, 0.25) is 0 Å². The predicted molar refractivity (Wildman–Crippen MR) is 116 cm³/mol. The second kappa shape index (κ2) is 7.94. The number of rotatable bonds is 5. The molecular formula is C23H23N5O2. The highest BCUT2D eigenvalue weighted by Gasteiger charge is 2.17. The Morgan fingerprint density at radius 1 is 1.03 bits per heavy atom. The number of aryl methyl sites for hydroxylation is 2. The lowest BCUT2D eigenvalue weighted by molar-refractivity contribution is -0.122. The number of nitrogens with zero attached hydrogens (tertiary/aromatic N) is 4. The third-order valence-electron chi connectivity index (χ3n) is 5.07. The fourth-order valence-electron chi connectivity index (χ4n) is 3.15. The monoisotopic (exact) mass is 401 g/mol. The number of benzene rings is 2. The maximum atomic E-state index is 12.7. The summed E-state index contributed by atoms with van der Waals surface area (Å²) in [4.78, 5) is 12.7. The molecule has 7 nitrogen and oxygen atoms in total. The van der Waals surface area contributed by atoms with E-state index in [1.54, 1.807) is 11.4 Å². The fraction of sp³-hybridized carbons (Fsp3) is 0.217. The molecule has 152 valence electrons. The van der Waals surface area contributed by atoms with Crippen molar-refractivity contribution in [2.24, 2.45) is 0 Å². The Morgan fingerprint density at radius 2 is 1.83 bits per heavy atom. The van der Waals surface area contributed by atoms with Crippen LogP contribution in [0.3, 0.4) is 0 Å². The van der Waals surface area contributed by atoms with Crippen molar-refractivity contribution >= 4 is 17.2 Å². The second-order valence-corrected chi connectivity index (χ2v) is 7.26. The zero-order valence-corrected chi connectivity index (χ0v) is 17.4. The highest BCUT2D eigenvalue weighted by Crippen LogP contribution is 2.24. The van der Waals surface area contributed by atoms with E-state index in [0.717, 1.165) is 22.4 Å². The molecule has 0 aliphatic heterocycles. The van der Waals surface area contributed by atoms with Crippen LogP contribution >= 0.6 is 0 Å². The van der Waals surface area contributed by atoms with Gasteiger partial charge in [-0.15, -0.1) is 10.2 Å². The lowest BCUT2D eigenvalue weighted by atomic mass is 10.1. The maximum Gasteiger partial charge on any atom is 0.265 e. The van der Waals surface area contributed by atoms with Gasteiger partial charge in [0.1, 0.15) is 5.75 Å². The number of anilines is 1. The molecule has 2 aromatic carbocycles. The molecule has 2 aromatic heterocycles. The van der Waals surface area contributed by atoms with Gasteiger partial charge in [-0.3, -0.25) is 4.79 Å². The zero-order chi connectivity index (χ0) is 21.3. The summed E-state index contributed by atoms with van der Waals surface area (Å²) in [6.07, 6.45) is -0.636. The molecule has 30 heavy (non-hydrogen) atoms. The van der Waals surface area contributed by atoms with Crippen LogP contribution in [0, 0.1) is 20.8 Å². The molecule has 0 radical (unpaired) electrons. The molecule has 2 heterocycles. The summed E-state index contributed by atoms with van der Waals surface area (Å²) in [6.45, 7) is 7.60. The topological polar surface area (TPSA) is 81.4 Å². The molecule has 0 aliphatic rings. The third-order valence-corrected chi connectivity index (χ3v) is 5.07. The van der Waals surface area contributed by atoms with Crippen LogP contribution in [0.2, 0.25) is 0 Å². The highest BCUT2D eigenvalue weighted by atomic mass is 16.5. The smallest absolute Gasteiger partial charge is 0.265 e. The Morgan fingerprint density at radius 3 is 2.67 bits per heavy atom. The van der Waals surface area contributed by atoms with Crippen molar-refractivity contribution < 1.29 is 9.53 Å². The van der Waals surface area contributed by atoms with Gasteiger partial charge in [-0.25, -0.2) is 0 Å². The van der Waals surface area contributed by atoms with Gasteiger partial charge in [-0.05, 0) is 69.2 Å². The second-order valence-electron chi connectivity index (χ2n) is 7.26. The van der Waals surface area contributed by atoms with Crippen molar-refractivity contribution in [1.82, 2.24) is 19.8 Å². The van der Waals surface area contributed by atoms with Gasteiger partial charge in [0.05, 0.1) is 5.69 Å². The first-order valence-electron chi connectivity index (χ1n) is 9.75. The Hall–Kier alpha value is -3.74. The average molecular weight is 401 g/mol. The van der Waals surface area contributed by atoms with Gasteiger partial charge in [0.15, 0.2) is 17.6 Å². The summed E-state index contributed by atoms with van der Waals surface area (Å²) in [6, 6.07) is 17.1. The minimum atomic E-state index is -0.636. The number of ether oxygens (including phenoxy) is 1. The molecule has 4 rings (SSSR count). The van der Waals surface area contributed by atoms with Crippen molar-refractivity contribution in [3.8, 4) is 17.0 Å². The molecule has 0 bridgehead atoms. The number of nitrogens with one attached hydrogen (secondary N) is 1. The Bertz CT molecular complexity index is 1230. The summed E-state index contributed by atoms with van der Waals surface area (Å²) in [5.74, 6) is 1.22. The number of aromatic nitrogens is 4. The van der Waals surface area contributed by atoms with Gasteiger partial charge in [0.25, 0.3) is 5.91 Å². The minimum absolute atomic E-state index is 0.217. The minimum Gasteiger partial charge on any atom is -0.481 e. The van der Waals surface area contributed by atoms with Crippen LogP contribution in [0.5, 0.6) is 5.75 Å². The van der Waals surface area contributed by atoms with E-state index in [1.165, 1.54) is 0 Å². The predicted octanol–water partition coefficient (Wildman–Crippen LogP) is 4.12. The van der Waals surface area contributed by atoms with Gasteiger partial charge in [0, 0.05) is 11.3 Å². The zero-order valence-electron chi connectivity index (χ0n) is 17.4. The molecule has 1 N–H and O–H groups in total. The summed E-state index contributed by atoms with van der Waals surface area (Å²) in [5.41, 5.74) is 5.17. The highest BCUT2D eigenvalue weighted by molar-refractivity contribution is 5.94. The van der Waals surface area contributed by atoms with Crippen molar-refractivity contribution in [3.05, 3.63) is 71.5 Å². The lowest BCUT2D eigenvalue weighted by Crippen LogP contribution is -2.30. The van der Waals surface area contributed by atoms with E-state index < -0.39 is 6.10 Å². The van der Waals surface area contributed by atoms with Gasteiger partial charge in [-0.2, -0.15) is 9.61 Å². The number of hydrogen-bond acceptors (Lipinski definition) is 5. The molecule has 1 atom stereocenters. The average Bonchev–Trinajstić information content (AvgIpc) is 3.12. The Kier molecular flexibility index (Phi) is 5.18. The first-order valence-corrected chi connectivity index (χ1v) is 9.75. The first kappa shape index (κ1) is 19.6. The van der Waals surface area contributed by atoms with E-state index in [4.69, 9.17) is 4.74 Å². The van der Waals surface area contributed by atoms with E-state index >= 15 is 0 Å². The standard InChI is InChI=1S/C23H23N5O2/c1-14-7-5-10-21(15(14)2)30-16(3)23(29)24-19-9-6-8-18(13-19)20-11-12-22-26-25-17(4)28(22)27-20/h5-13,16H,1-4H3,(H,24,29). The largest absolute Gasteiger partial charge is 0.481 e. The molecular weight excluding hydrogens is 378 g/mol. The van der Waals surface area contributed by atoms with E-state index in [9.17, 15) is 4.79 Å². The summed E-state index contributed by atoms with van der Waals surface area (Å²) in [7, 11) is 0. The maximum absolute atomic E-state index is 12.7. The first-order chi connectivity index (χ1) is 14.4. The molecule has 7 heteroatoms. The van der Waals surface area contributed by atoms with E-state index in [1.807, 2.05) is 75.4 Å². The summed E-state index contributed by atoms with van der Waals surface area (Å²) >= 11 is 0. The van der Waals surface area contributed by atoms with Crippen LogP contribution in [0.4, 0.5) is 5.69 Å². The quantitative estimate of drug-likeness (QED) is 0.544. The molecule has 0 fully saturated rings. The number of fused-ring (bicyclic) bond motifs is 1. The van der Waals surface area contributed by atoms with E-state index in [2.05, 4.69) is 20.6 Å². The van der Waals surface area contributed by atoms with Gasteiger partial charge >= 0.3 is 0 Å². The normalized spacial score (nSPS) is 12.0. The Balaban J connectivity index is 1.51. The lowest BCUT2D eigenvalue weighted by Gasteiger charge is -2.17. The van der Waals surface area contributed by atoms with Crippen molar-refractivity contribution in [3.63, 3.8) is 0 Å². The molecule has 0 saturated heterocycles. The molecule has 4 aromatic rings. The van der Waals surface area contributed by atoms with Crippen LogP contribution < -0.4 is 10.1 Å². The third kappa shape index (κ3) is 3.87. The number of carbonyl (C=O) groups is 1. The van der Waals surface area contributed by atoms with Crippen molar-refractivity contribution in [2.75, 3.05) is 5.32 Å². The van der Waals surface area contributed by atoms with E-state index in [0.29, 0.717) is 22.9 Å². The molecule has 1 unspecified atom stereocenters. The van der Waals surface area contributed by atoms with Crippen LogP contribution in [0.1, 0.15) is 23.9 Å². The molecule has 0 saturated carbocycles. The molecule has 1 amide bonds. The van der Waals surface area contributed by atoms with E-state index in [-0.39, 0.29) is 5.91 Å². The Labute approximate surface area is 174 Å². The van der Waals surface area contributed by atoms with Crippen LogP contribution in [-0.2, 0) is 4.79 Å². The fourth-order valence-corrected chi connectivity index (χ4v) is 3.15. The van der Waals surface area contributed by atoms with Crippen molar-refractivity contribution in [2.45, 2.75) is 33.8 Å². The number of hydrogen-bond donors (Lipinski definition) is 1. The molecule has 0 spiro atoms. The van der Waals surface area contributed by atoms with Crippen LogP contribution in [0.15, 0.2) is 54.6 Å². The van der Waals surface area contributed by atoms with Crippen LogP contribution in [0.25, 0.3) is 16.9 Å².